The van der Waals surface area contributed by atoms with Crippen molar-refractivity contribution in [2.24, 2.45) is 0 Å². The van der Waals surface area contributed by atoms with Gasteiger partial charge in [-0.05, 0) is 38.0 Å². The summed E-state index contributed by atoms with van der Waals surface area (Å²) in [6.45, 7) is 4.90. The highest BCUT2D eigenvalue weighted by molar-refractivity contribution is 7.92. The molecule has 0 aliphatic carbocycles. The molecule has 12 heteroatoms. The van der Waals surface area contributed by atoms with Crippen molar-refractivity contribution in [2.75, 3.05) is 30.8 Å². The van der Waals surface area contributed by atoms with Crippen LogP contribution < -0.4 is 14.4 Å². The first kappa shape index (κ1) is 27.6. The molecule has 0 fully saturated rings. The van der Waals surface area contributed by atoms with Crippen molar-refractivity contribution in [3.8, 4) is 5.75 Å². The molecule has 0 aliphatic heterocycles. The predicted octanol–water partition coefficient (Wildman–Crippen LogP) is 2.23. The van der Waals surface area contributed by atoms with Gasteiger partial charge in [-0.25, -0.2) is 8.42 Å². The number of nitrogens with zero attached hydrogens (tertiary/aromatic N) is 3. The number of carbonyl (C=O) groups is 2. The number of non-ortho nitro benzene ring substituents is 1. The van der Waals surface area contributed by atoms with Crippen LogP contribution >= 0.6 is 0 Å². The van der Waals surface area contributed by atoms with E-state index in [4.69, 9.17) is 4.74 Å². The van der Waals surface area contributed by atoms with Gasteiger partial charge in [0.2, 0.25) is 21.8 Å². The molecule has 11 nitrogen and oxygen atoms in total. The SMILES string of the molecule is CCNC(=O)[C@H](C)N(Cc1ccccc1C)C(=O)CN(c1cc([N+](=O)[O-])ccc1OC)S(C)(=O)=O. The zero-order valence-electron chi connectivity index (χ0n) is 20.3. The number of rotatable bonds is 11. The first-order valence-electron chi connectivity index (χ1n) is 10.8. The number of nitrogens with one attached hydrogen (secondary N) is 1. The number of benzene rings is 2. The van der Waals surface area contributed by atoms with E-state index < -0.39 is 39.3 Å². The van der Waals surface area contributed by atoms with E-state index in [9.17, 15) is 28.1 Å². The summed E-state index contributed by atoms with van der Waals surface area (Å²) in [7, 11) is -2.79. The third-order valence-corrected chi connectivity index (χ3v) is 6.57. The van der Waals surface area contributed by atoms with Crippen molar-refractivity contribution in [2.45, 2.75) is 33.4 Å². The normalized spacial score (nSPS) is 11.9. The van der Waals surface area contributed by atoms with Gasteiger partial charge >= 0.3 is 0 Å². The van der Waals surface area contributed by atoms with Crippen molar-refractivity contribution in [3.63, 3.8) is 0 Å². The number of nitro benzene ring substituents is 1. The van der Waals surface area contributed by atoms with E-state index in [-0.39, 0.29) is 23.7 Å². The first-order chi connectivity index (χ1) is 16.4. The van der Waals surface area contributed by atoms with Crippen LogP contribution in [0, 0.1) is 17.0 Å². The number of hydrogen-bond donors (Lipinski definition) is 1. The average molecular weight is 507 g/mol. The number of methoxy groups -OCH3 is 1. The van der Waals surface area contributed by atoms with Crippen LogP contribution in [-0.2, 0) is 26.2 Å². The number of amides is 2. The van der Waals surface area contributed by atoms with Crippen LogP contribution in [0.15, 0.2) is 42.5 Å². The van der Waals surface area contributed by atoms with Gasteiger partial charge in [0.05, 0.1) is 18.3 Å². The Hall–Kier alpha value is -3.67. The highest BCUT2D eigenvalue weighted by Gasteiger charge is 2.32. The molecule has 1 atom stereocenters. The monoisotopic (exact) mass is 506 g/mol. The van der Waals surface area contributed by atoms with Gasteiger partial charge in [-0.3, -0.25) is 24.0 Å². The van der Waals surface area contributed by atoms with E-state index in [1.165, 1.54) is 24.1 Å². The number of aryl methyl sites for hydroxylation is 1. The number of sulfonamides is 1. The molecular formula is C23H30N4O7S. The Morgan fingerprint density at radius 3 is 2.40 bits per heavy atom. The minimum atomic E-state index is -4.08. The molecule has 2 amide bonds. The quantitative estimate of drug-likeness (QED) is 0.364. The lowest BCUT2D eigenvalue weighted by atomic mass is 10.1. The zero-order chi connectivity index (χ0) is 26.3. The molecule has 0 aliphatic rings. The second kappa shape index (κ2) is 11.6. The molecule has 0 saturated carbocycles. The Morgan fingerprint density at radius 2 is 1.86 bits per heavy atom. The molecule has 190 valence electrons. The summed E-state index contributed by atoms with van der Waals surface area (Å²) < 4.78 is 31.4. The van der Waals surface area contributed by atoms with Gasteiger partial charge in [-0.15, -0.1) is 0 Å². The molecule has 0 spiro atoms. The molecule has 0 radical (unpaired) electrons. The summed E-state index contributed by atoms with van der Waals surface area (Å²) in [5, 5.41) is 14.0. The second-order valence-electron chi connectivity index (χ2n) is 7.90. The highest BCUT2D eigenvalue weighted by atomic mass is 32.2. The van der Waals surface area contributed by atoms with Crippen molar-refractivity contribution >= 4 is 33.2 Å². The number of carbonyl (C=O) groups excluding carboxylic acids is 2. The topological polar surface area (TPSA) is 139 Å². The van der Waals surface area contributed by atoms with Crippen molar-refractivity contribution in [3.05, 3.63) is 63.7 Å². The number of ether oxygens (including phenoxy) is 1. The van der Waals surface area contributed by atoms with Gasteiger partial charge < -0.3 is 15.0 Å². The Balaban J connectivity index is 2.53. The third-order valence-electron chi connectivity index (χ3n) is 5.44. The Bertz CT molecular complexity index is 1200. The summed E-state index contributed by atoms with van der Waals surface area (Å²) in [6, 6.07) is 9.90. The largest absolute Gasteiger partial charge is 0.495 e. The summed E-state index contributed by atoms with van der Waals surface area (Å²) in [4.78, 5) is 38.0. The summed E-state index contributed by atoms with van der Waals surface area (Å²) in [5.74, 6) is -1.02. The van der Waals surface area contributed by atoms with E-state index in [1.54, 1.807) is 19.9 Å². The van der Waals surface area contributed by atoms with Gasteiger partial charge in [-0.1, -0.05) is 24.3 Å². The second-order valence-corrected chi connectivity index (χ2v) is 9.81. The summed E-state index contributed by atoms with van der Waals surface area (Å²) in [6.07, 6.45) is 0.886. The Morgan fingerprint density at radius 1 is 1.20 bits per heavy atom. The molecule has 0 heterocycles. The maximum atomic E-state index is 13.5. The molecule has 2 aromatic rings. The molecule has 0 saturated heterocycles. The molecule has 0 unspecified atom stereocenters. The minimum absolute atomic E-state index is 0.0380. The fourth-order valence-electron chi connectivity index (χ4n) is 3.46. The average Bonchev–Trinajstić information content (AvgIpc) is 2.80. The molecular weight excluding hydrogens is 476 g/mol. The van der Waals surface area contributed by atoms with E-state index in [0.717, 1.165) is 27.8 Å². The van der Waals surface area contributed by atoms with Gasteiger partial charge in [0.1, 0.15) is 24.0 Å². The van der Waals surface area contributed by atoms with Crippen LogP contribution in [-0.4, -0.2) is 62.6 Å². The fourth-order valence-corrected chi connectivity index (χ4v) is 4.30. The van der Waals surface area contributed by atoms with Crippen LogP contribution in [0.3, 0.4) is 0 Å². The van der Waals surface area contributed by atoms with Gasteiger partial charge in [-0.2, -0.15) is 0 Å². The van der Waals surface area contributed by atoms with Gasteiger partial charge in [0.15, 0.2) is 0 Å². The number of nitro groups is 1. The van der Waals surface area contributed by atoms with Crippen LogP contribution in [0.4, 0.5) is 11.4 Å². The van der Waals surface area contributed by atoms with Gasteiger partial charge in [0, 0.05) is 25.2 Å². The van der Waals surface area contributed by atoms with Crippen molar-refractivity contribution < 1.29 is 27.7 Å². The number of hydrogen-bond acceptors (Lipinski definition) is 7. The summed E-state index contributed by atoms with van der Waals surface area (Å²) >= 11 is 0. The van der Waals surface area contributed by atoms with Crippen LogP contribution in [0.2, 0.25) is 0 Å². The maximum absolute atomic E-state index is 13.5. The summed E-state index contributed by atoms with van der Waals surface area (Å²) in [5.41, 5.74) is 1.16. The van der Waals surface area contributed by atoms with E-state index in [2.05, 4.69) is 5.32 Å². The minimum Gasteiger partial charge on any atom is -0.495 e. The van der Waals surface area contributed by atoms with Crippen LogP contribution in [0.25, 0.3) is 0 Å². The van der Waals surface area contributed by atoms with E-state index in [1.807, 2.05) is 25.1 Å². The molecule has 0 aromatic heterocycles. The van der Waals surface area contributed by atoms with Crippen molar-refractivity contribution in [1.29, 1.82) is 0 Å². The molecule has 2 aromatic carbocycles. The highest BCUT2D eigenvalue weighted by Crippen LogP contribution is 2.33. The van der Waals surface area contributed by atoms with Crippen LogP contribution in [0.1, 0.15) is 25.0 Å². The lowest BCUT2D eigenvalue weighted by Gasteiger charge is -2.32. The van der Waals surface area contributed by atoms with E-state index >= 15 is 0 Å². The number of likely N-dealkylation sites (N-methyl/N-ethyl adjacent to an activating group) is 1. The standard InChI is InChI=1S/C23H30N4O7S/c1-6-24-23(29)17(3)25(14-18-10-8-7-9-16(18)2)22(28)15-26(35(5,32)33)20-13-19(27(30)31)11-12-21(20)34-4/h7-13,17H,6,14-15H2,1-5H3,(H,24,29)/t17-/m0/s1. The smallest absolute Gasteiger partial charge is 0.271 e. The van der Waals surface area contributed by atoms with Crippen molar-refractivity contribution in [1.82, 2.24) is 10.2 Å². The Kier molecular flexibility index (Phi) is 9.18. The first-order valence-corrected chi connectivity index (χ1v) is 12.7. The fraction of sp³-hybridized carbons (Fsp3) is 0.391. The Labute approximate surface area is 204 Å². The number of anilines is 1. The van der Waals surface area contributed by atoms with Crippen LogP contribution in [0.5, 0.6) is 5.75 Å². The van der Waals surface area contributed by atoms with Gasteiger partial charge in [0.25, 0.3) is 5.69 Å². The zero-order valence-corrected chi connectivity index (χ0v) is 21.2. The maximum Gasteiger partial charge on any atom is 0.271 e. The molecule has 2 rings (SSSR count). The molecule has 35 heavy (non-hydrogen) atoms. The third kappa shape index (κ3) is 6.92. The predicted molar refractivity (Wildman–Crippen MR) is 132 cm³/mol. The lowest BCUT2D eigenvalue weighted by Crippen LogP contribution is -2.51. The molecule has 0 bridgehead atoms. The molecule has 1 N–H and O–H groups in total. The van der Waals surface area contributed by atoms with E-state index in [0.29, 0.717) is 6.54 Å². The lowest BCUT2D eigenvalue weighted by molar-refractivity contribution is -0.384.